The van der Waals surface area contributed by atoms with Crippen LogP contribution in [0.15, 0.2) is 24.3 Å². The highest BCUT2D eigenvalue weighted by Gasteiger charge is 2.17. The minimum atomic E-state index is 0.451. The molecule has 1 heterocycles. The van der Waals surface area contributed by atoms with Gasteiger partial charge in [-0.3, -0.25) is 0 Å². The first-order valence-corrected chi connectivity index (χ1v) is 7.19. The summed E-state index contributed by atoms with van der Waals surface area (Å²) in [4.78, 5) is 0. The monoisotopic (exact) mass is 267 g/mol. The Morgan fingerprint density at radius 1 is 1.20 bits per heavy atom. The number of methoxy groups -OCH3 is 1. The van der Waals surface area contributed by atoms with E-state index in [0.717, 1.165) is 17.5 Å². The number of ether oxygens (including phenoxy) is 1. The van der Waals surface area contributed by atoms with Gasteiger partial charge in [-0.1, -0.05) is 25.6 Å². The summed E-state index contributed by atoms with van der Waals surface area (Å²) in [6.45, 7) is 10.9. The molecule has 104 valence electrons. The predicted octanol–water partition coefficient (Wildman–Crippen LogP) is 4.21. The number of nitrogens with zero attached hydrogens (tertiary/aromatic N) is 1. The van der Waals surface area contributed by atoms with Gasteiger partial charge in [-0.2, -0.15) is 0 Å². The van der Waals surface area contributed by atoms with Crippen LogP contribution in [0.5, 0.6) is 5.75 Å². The molecule has 1 unspecified atom stereocenters. The van der Waals surface area contributed by atoms with Gasteiger partial charge in [0.2, 0.25) is 0 Å². The largest absolute Gasteiger partial charge is 0.496 e. The molecule has 0 fully saturated rings. The SMILES string of the molecule is C=c1c2ccc(C)c3c(OC)ccc(c32)n1C(C)CC. The summed E-state index contributed by atoms with van der Waals surface area (Å²) in [5.74, 6) is 0.946. The van der Waals surface area contributed by atoms with Crippen molar-refractivity contribution in [2.24, 2.45) is 0 Å². The van der Waals surface area contributed by atoms with Gasteiger partial charge in [0, 0.05) is 27.5 Å². The van der Waals surface area contributed by atoms with Gasteiger partial charge in [-0.05, 0) is 38.0 Å². The average molecular weight is 267 g/mol. The molecular formula is C18H21NO. The Morgan fingerprint density at radius 2 is 1.95 bits per heavy atom. The molecule has 2 heteroatoms. The van der Waals surface area contributed by atoms with Gasteiger partial charge in [0.05, 0.1) is 12.6 Å². The lowest BCUT2D eigenvalue weighted by atomic mass is 10.0. The van der Waals surface area contributed by atoms with Gasteiger partial charge >= 0.3 is 0 Å². The average Bonchev–Trinajstić information content (AvgIpc) is 2.75. The number of benzene rings is 2. The second kappa shape index (κ2) is 4.55. The molecule has 3 aromatic rings. The van der Waals surface area contributed by atoms with Crippen LogP contribution in [-0.4, -0.2) is 11.7 Å². The van der Waals surface area contributed by atoms with Gasteiger partial charge in [0.25, 0.3) is 0 Å². The van der Waals surface area contributed by atoms with Gasteiger partial charge in [0.15, 0.2) is 0 Å². The lowest BCUT2D eigenvalue weighted by Crippen LogP contribution is -2.18. The molecular weight excluding hydrogens is 246 g/mol. The van der Waals surface area contributed by atoms with E-state index in [-0.39, 0.29) is 0 Å². The molecule has 0 saturated heterocycles. The fraction of sp³-hybridized carbons (Fsp3) is 0.333. The number of aromatic nitrogens is 1. The fourth-order valence-corrected chi connectivity index (χ4v) is 3.18. The van der Waals surface area contributed by atoms with Gasteiger partial charge < -0.3 is 9.30 Å². The summed E-state index contributed by atoms with van der Waals surface area (Å²) in [5.41, 5.74) is 2.51. The smallest absolute Gasteiger partial charge is 0.127 e. The topological polar surface area (TPSA) is 14.2 Å². The Bertz CT molecular complexity index is 828. The Balaban J connectivity index is 2.57. The van der Waals surface area contributed by atoms with Crippen LogP contribution in [-0.2, 0) is 0 Å². The van der Waals surface area contributed by atoms with Crippen molar-refractivity contribution in [3.63, 3.8) is 0 Å². The molecule has 0 saturated carbocycles. The molecule has 0 radical (unpaired) electrons. The van der Waals surface area contributed by atoms with E-state index < -0.39 is 0 Å². The van der Waals surface area contributed by atoms with Crippen molar-refractivity contribution in [3.8, 4) is 5.75 Å². The normalized spacial score (nSPS) is 13.2. The first-order chi connectivity index (χ1) is 9.60. The zero-order valence-electron chi connectivity index (χ0n) is 12.7. The molecule has 2 aromatic carbocycles. The molecule has 0 aliphatic carbocycles. The Morgan fingerprint density at radius 3 is 2.60 bits per heavy atom. The number of rotatable bonds is 3. The molecule has 1 atom stereocenters. The third-order valence-electron chi connectivity index (χ3n) is 4.42. The lowest BCUT2D eigenvalue weighted by molar-refractivity contribution is 0.419. The van der Waals surface area contributed by atoms with Crippen molar-refractivity contribution in [2.45, 2.75) is 33.2 Å². The van der Waals surface area contributed by atoms with E-state index in [0.29, 0.717) is 6.04 Å². The predicted molar refractivity (Wildman–Crippen MR) is 86.5 cm³/mol. The summed E-state index contributed by atoms with van der Waals surface area (Å²) in [7, 11) is 1.74. The van der Waals surface area contributed by atoms with E-state index in [1.54, 1.807) is 7.11 Å². The molecule has 0 N–H and O–H groups in total. The Kier molecular flexibility index (Phi) is 2.97. The lowest BCUT2D eigenvalue weighted by Gasteiger charge is -2.14. The number of hydrogen-bond acceptors (Lipinski definition) is 1. The van der Waals surface area contributed by atoms with Crippen LogP contribution in [0.2, 0.25) is 0 Å². The maximum Gasteiger partial charge on any atom is 0.127 e. The first-order valence-electron chi connectivity index (χ1n) is 7.19. The van der Waals surface area contributed by atoms with Crippen molar-refractivity contribution >= 4 is 28.3 Å². The minimum Gasteiger partial charge on any atom is -0.496 e. The van der Waals surface area contributed by atoms with Gasteiger partial charge in [0.1, 0.15) is 5.75 Å². The van der Waals surface area contributed by atoms with E-state index in [9.17, 15) is 0 Å². The van der Waals surface area contributed by atoms with E-state index in [4.69, 9.17) is 4.74 Å². The third kappa shape index (κ3) is 1.57. The number of hydrogen-bond donors (Lipinski definition) is 0. The molecule has 2 nitrogen and oxygen atoms in total. The standard InChI is InChI=1S/C18H21NO/c1-6-12(3)19-13(4)14-8-7-11(2)17-16(20-5)10-9-15(19)18(14)17/h7-10,12H,4,6H2,1-3,5H3. The molecule has 0 aliphatic heterocycles. The van der Waals surface area contributed by atoms with Crippen LogP contribution in [0, 0.1) is 6.92 Å². The van der Waals surface area contributed by atoms with Gasteiger partial charge in [-0.15, -0.1) is 0 Å². The van der Waals surface area contributed by atoms with Crippen molar-refractivity contribution in [1.29, 1.82) is 0 Å². The van der Waals surface area contributed by atoms with Crippen LogP contribution in [0.1, 0.15) is 31.9 Å². The molecule has 3 rings (SSSR count). The molecule has 0 spiro atoms. The van der Waals surface area contributed by atoms with E-state index >= 15 is 0 Å². The zero-order chi connectivity index (χ0) is 14.4. The van der Waals surface area contributed by atoms with Crippen LogP contribution in [0.4, 0.5) is 0 Å². The highest BCUT2D eigenvalue weighted by atomic mass is 16.5. The Hall–Kier alpha value is -1.96. The van der Waals surface area contributed by atoms with Crippen molar-refractivity contribution in [3.05, 3.63) is 35.2 Å². The highest BCUT2D eigenvalue weighted by molar-refractivity contribution is 6.13. The third-order valence-corrected chi connectivity index (χ3v) is 4.42. The summed E-state index contributed by atoms with van der Waals surface area (Å²) >= 11 is 0. The van der Waals surface area contributed by atoms with Crippen molar-refractivity contribution in [2.75, 3.05) is 7.11 Å². The highest BCUT2D eigenvalue weighted by Crippen LogP contribution is 2.36. The second-order valence-electron chi connectivity index (χ2n) is 5.54. The van der Waals surface area contributed by atoms with Crippen molar-refractivity contribution in [1.82, 2.24) is 4.57 Å². The molecule has 0 aliphatic rings. The second-order valence-corrected chi connectivity index (χ2v) is 5.54. The summed E-state index contributed by atoms with van der Waals surface area (Å²) in [6.07, 6.45) is 1.10. The summed E-state index contributed by atoms with van der Waals surface area (Å²) < 4.78 is 7.91. The van der Waals surface area contributed by atoms with E-state index in [1.807, 2.05) is 0 Å². The maximum absolute atomic E-state index is 5.56. The molecule has 0 bridgehead atoms. The number of aryl methyl sites for hydroxylation is 1. The minimum absolute atomic E-state index is 0.451. The molecule has 20 heavy (non-hydrogen) atoms. The van der Waals surface area contributed by atoms with Crippen molar-refractivity contribution < 1.29 is 4.74 Å². The van der Waals surface area contributed by atoms with Crippen LogP contribution >= 0.6 is 0 Å². The summed E-state index contributed by atoms with van der Waals surface area (Å²) in [5, 5.41) is 4.84. The molecule has 1 aromatic heterocycles. The van der Waals surface area contributed by atoms with Gasteiger partial charge in [-0.25, -0.2) is 0 Å². The summed E-state index contributed by atoms with van der Waals surface area (Å²) in [6, 6.07) is 9.03. The van der Waals surface area contributed by atoms with E-state index in [2.05, 4.69) is 56.2 Å². The fourth-order valence-electron chi connectivity index (χ4n) is 3.18. The van der Waals surface area contributed by atoms with E-state index in [1.165, 1.54) is 27.2 Å². The maximum atomic E-state index is 5.56. The van der Waals surface area contributed by atoms with Crippen LogP contribution < -0.4 is 10.1 Å². The zero-order valence-corrected chi connectivity index (χ0v) is 12.7. The van der Waals surface area contributed by atoms with Crippen LogP contribution in [0.3, 0.4) is 0 Å². The molecule has 0 amide bonds. The quantitative estimate of drug-likeness (QED) is 0.693. The Labute approximate surface area is 119 Å². The first kappa shape index (κ1) is 13.0. The van der Waals surface area contributed by atoms with Crippen LogP contribution in [0.25, 0.3) is 28.3 Å².